The minimum absolute atomic E-state index is 0.214. The minimum Gasteiger partial charge on any atom is -0.389 e. The standard InChI is InChI=1S/C16H22O/c1-12(2)15-8-6-13(7-9-15)10-14-4-3-5-16(17)11-14/h6-9,11-12,16-17H,3-5,10H2,1-2H3. The van der Waals surface area contributed by atoms with Crippen LogP contribution in [0, 0.1) is 0 Å². The predicted molar refractivity (Wildman–Crippen MR) is 72.2 cm³/mol. The van der Waals surface area contributed by atoms with E-state index in [0.717, 1.165) is 25.7 Å². The Bertz CT molecular complexity index is 386. The van der Waals surface area contributed by atoms with Crippen molar-refractivity contribution in [1.82, 2.24) is 0 Å². The van der Waals surface area contributed by atoms with Gasteiger partial charge in [0.15, 0.2) is 0 Å². The number of aliphatic hydroxyl groups is 1. The van der Waals surface area contributed by atoms with Gasteiger partial charge in [0.25, 0.3) is 0 Å². The molecule has 1 aromatic carbocycles. The first-order chi connectivity index (χ1) is 8.15. The molecule has 1 aliphatic rings. The average Bonchev–Trinajstić information content (AvgIpc) is 2.29. The fourth-order valence-electron chi connectivity index (χ4n) is 2.41. The van der Waals surface area contributed by atoms with Gasteiger partial charge in [0, 0.05) is 0 Å². The normalized spacial score (nSPS) is 20.5. The van der Waals surface area contributed by atoms with Crippen LogP contribution in [0.25, 0.3) is 0 Å². The highest BCUT2D eigenvalue weighted by Gasteiger charge is 2.11. The Kier molecular flexibility index (Phi) is 4.01. The molecule has 2 rings (SSSR count). The van der Waals surface area contributed by atoms with Gasteiger partial charge in [-0.25, -0.2) is 0 Å². The summed E-state index contributed by atoms with van der Waals surface area (Å²) in [6, 6.07) is 8.88. The molecule has 0 aliphatic heterocycles. The first kappa shape index (κ1) is 12.4. The number of hydrogen-bond donors (Lipinski definition) is 1. The van der Waals surface area contributed by atoms with Gasteiger partial charge in [-0.05, 0) is 42.7 Å². The molecular formula is C16H22O. The molecule has 0 saturated heterocycles. The van der Waals surface area contributed by atoms with Crippen LogP contribution in [0.4, 0.5) is 0 Å². The van der Waals surface area contributed by atoms with E-state index in [0.29, 0.717) is 5.92 Å². The van der Waals surface area contributed by atoms with E-state index >= 15 is 0 Å². The minimum atomic E-state index is -0.214. The molecule has 0 saturated carbocycles. The maximum atomic E-state index is 9.60. The highest BCUT2D eigenvalue weighted by Crippen LogP contribution is 2.22. The van der Waals surface area contributed by atoms with Crippen LogP contribution in [0.5, 0.6) is 0 Å². The molecule has 1 atom stereocenters. The van der Waals surface area contributed by atoms with Crippen molar-refractivity contribution in [3.63, 3.8) is 0 Å². The van der Waals surface area contributed by atoms with Gasteiger partial charge in [0.2, 0.25) is 0 Å². The molecule has 0 amide bonds. The molecule has 0 spiro atoms. The smallest absolute Gasteiger partial charge is 0.0723 e. The maximum Gasteiger partial charge on any atom is 0.0723 e. The van der Waals surface area contributed by atoms with Crippen LogP contribution in [0.3, 0.4) is 0 Å². The van der Waals surface area contributed by atoms with Crippen LogP contribution < -0.4 is 0 Å². The molecule has 0 fully saturated rings. The summed E-state index contributed by atoms with van der Waals surface area (Å²) >= 11 is 0. The second kappa shape index (κ2) is 5.50. The first-order valence-corrected chi connectivity index (χ1v) is 6.61. The second-order valence-corrected chi connectivity index (χ2v) is 5.36. The Morgan fingerprint density at radius 1 is 1.24 bits per heavy atom. The molecule has 1 unspecified atom stereocenters. The Hall–Kier alpha value is -1.08. The predicted octanol–water partition coefficient (Wildman–Crippen LogP) is 3.82. The number of allylic oxidation sites excluding steroid dienone is 1. The Morgan fingerprint density at radius 2 is 1.94 bits per heavy atom. The van der Waals surface area contributed by atoms with Gasteiger partial charge in [0.1, 0.15) is 0 Å². The van der Waals surface area contributed by atoms with Crippen molar-refractivity contribution < 1.29 is 5.11 Å². The molecule has 1 aromatic rings. The van der Waals surface area contributed by atoms with E-state index in [1.54, 1.807) is 0 Å². The van der Waals surface area contributed by atoms with Crippen LogP contribution in [0.2, 0.25) is 0 Å². The summed E-state index contributed by atoms with van der Waals surface area (Å²) in [7, 11) is 0. The molecule has 92 valence electrons. The number of hydrogen-bond acceptors (Lipinski definition) is 1. The Labute approximate surface area is 104 Å². The summed E-state index contributed by atoms with van der Waals surface area (Å²) in [6.07, 6.45) is 6.01. The van der Waals surface area contributed by atoms with Crippen LogP contribution >= 0.6 is 0 Å². The van der Waals surface area contributed by atoms with Crippen LogP contribution in [0.1, 0.15) is 50.2 Å². The summed E-state index contributed by atoms with van der Waals surface area (Å²) in [5.74, 6) is 0.597. The fraction of sp³-hybridized carbons (Fsp3) is 0.500. The molecule has 17 heavy (non-hydrogen) atoms. The van der Waals surface area contributed by atoms with E-state index in [4.69, 9.17) is 0 Å². The molecule has 1 nitrogen and oxygen atoms in total. The first-order valence-electron chi connectivity index (χ1n) is 6.61. The summed E-state index contributed by atoms with van der Waals surface area (Å²) in [4.78, 5) is 0. The molecular weight excluding hydrogens is 208 g/mol. The molecule has 1 N–H and O–H groups in total. The van der Waals surface area contributed by atoms with Gasteiger partial charge >= 0.3 is 0 Å². The molecule has 1 aliphatic carbocycles. The van der Waals surface area contributed by atoms with Gasteiger partial charge in [-0.3, -0.25) is 0 Å². The van der Waals surface area contributed by atoms with Crippen molar-refractivity contribution in [2.75, 3.05) is 0 Å². The van der Waals surface area contributed by atoms with E-state index in [9.17, 15) is 5.11 Å². The van der Waals surface area contributed by atoms with Crippen LogP contribution in [-0.4, -0.2) is 11.2 Å². The van der Waals surface area contributed by atoms with E-state index in [1.807, 2.05) is 6.08 Å². The van der Waals surface area contributed by atoms with Gasteiger partial charge in [0.05, 0.1) is 6.10 Å². The molecule has 0 aromatic heterocycles. The Balaban J connectivity index is 2.04. The number of benzene rings is 1. The van der Waals surface area contributed by atoms with Gasteiger partial charge in [-0.2, -0.15) is 0 Å². The topological polar surface area (TPSA) is 20.2 Å². The van der Waals surface area contributed by atoms with E-state index < -0.39 is 0 Å². The van der Waals surface area contributed by atoms with Crippen molar-refractivity contribution in [2.24, 2.45) is 0 Å². The van der Waals surface area contributed by atoms with Crippen molar-refractivity contribution in [3.05, 3.63) is 47.0 Å². The quantitative estimate of drug-likeness (QED) is 0.783. The molecule has 0 bridgehead atoms. The summed E-state index contributed by atoms with van der Waals surface area (Å²) < 4.78 is 0. The van der Waals surface area contributed by atoms with E-state index in [2.05, 4.69) is 38.1 Å². The number of rotatable bonds is 3. The van der Waals surface area contributed by atoms with Crippen molar-refractivity contribution in [2.45, 2.75) is 51.6 Å². The molecule has 1 heteroatoms. The Morgan fingerprint density at radius 3 is 2.53 bits per heavy atom. The zero-order valence-electron chi connectivity index (χ0n) is 10.8. The highest BCUT2D eigenvalue weighted by atomic mass is 16.3. The summed E-state index contributed by atoms with van der Waals surface area (Å²) in [5.41, 5.74) is 4.14. The zero-order valence-corrected chi connectivity index (χ0v) is 10.8. The largest absolute Gasteiger partial charge is 0.389 e. The lowest BCUT2D eigenvalue weighted by atomic mass is 9.92. The lowest BCUT2D eigenvalue weighted by molar-refractivity contribution is 0.202. The third kappa shape index (κ3) is 3.44. The van der Waals surface area contributed by atoms with E-state index in [-0.39, 0.29) is 6.10 Å². The van der Waals surface area contributed by atoms with Crippen LogP contribution in [-0.2, 0) is 6.42 Å². The maximum absolute atomic E-state index is 9.60. The third-order valence-corrected chi connectivity index (χ3v) is 3.50. The summed E-state index contributed by atoms with van der Waals surface area (Å²) in [6.45, 7) is 4.43. The highest BCUT2D eigenvalue weighted by molar-refractivity contribution is 5.28. The lowest BCUT2D eigenvalue weighted by Gasteiger charge is -2.17. The summed E-state index contributed by atoms with van der Waals surface area (Å²) in [5, 5.41) is 9.60. The van der Waals surface area contributed by atoms with Gasteiger partial charge in [-0.1, -0.05) is 49.8 Å². The second-order valence-electron chi connectivity index (χ2n) is 5.36. The van der Waals surface area contributed by atoms with E-state index in [1.165, 1.54) is 16.7 Å². The fourth-order valence-corrected chi connectivity index (χ4v) is 2.41. The van der Waals surface area contributed by atoms with Crippen molar-refractivity contribution in [1.29, 1.82) is 0 Å². The monoisotopic (exact) mass is 230 g/mol. The van der Waals surface area contributed by atoms with Gasteiger partial charge < -0.3 is 5.11 Å². The average molecular weight is 230 g/mol. The third-order valence-electron chi connectivity index (χ3n) is 3.50. The van der Waals surface area contributed by atoms with Crippen LogP contribution in [0.15, 0.2) is 35.9 Å². The SMILES string of the molecule is CC(C)c1ccc(CC2=CC(O)CCC2)cc1. The van der Waals surface area contributed by atoms with Crippen molar-refractivity contribution >= 4 is 0 Å². The number of aliphatic hydroxyl groups excluding tert-OH is 1. The van der Waals surface area contributed by atoms with Gasteiger partial charge in [-0.15, -0.1) is 0 Å². The molecule has 0 heterocycles. The van der Waals surface area contributed by atoms with Crippen molar-refractivity contribution in [3.8, 4) is 0 Å². The zero-order chi connectivity index (χ0) is 12.3. The lowest BCUT2D eigenvalue weighted by Crippen LogP contribution is -2.10. The molecule has 0 radical (unpaired) electrons.